The number of pyridine rings is 1. The summed E-state index contributed by atoms with van der Waals surface area (Å²) in [7, 11) is 0. The van der Waals surface area contributed by atoms with Crippen LogP contribution in [0.4, 0.5) is 5.13 Å². The van der Waals surface area contributed by atoms with Gasteiger partial charge in [0.2, 0.25) is 0 Å². The van der Waals surface area contributed by atoms with E-state index in [1.54, 1.807) is 11.3 Å². The summed E-state index contributed by atoms with van der Waals surface area (Å²) in [5.74, 6) is 0. The molecule has 0 spiro atoms. The van der Waals surface area contributed by atoms with Crippen LogP contribution in [0.5, 0.6) is 0 Å². The Hall–Kier alpha value is -1.42. The van der Waals surface area contributed by atoms with Gasteiger partial charge in [-0.25, -0.2) is 4.98 Å². The minimum Gasteiger partial charge on any atom is -0.359 e. The van der Waals surface area contributed by atoms with E-state index in [1.165, 1.54) is 0 Å². The maximum Gasteiger partial charge on any atom is 0.183 e. The Morgan fingerprint density at radius 3 is 2.72 bits per heavy atom. The van der Waals surface area contributed by atoms with Crippen molar-refractivity contribution in [2.24, 2.45) is 0 Å². The highest BCUT2D eigenvalue weighted by Crippen LogP contribution is 2.27. The minimum absolute atomic E-state index is 0.459. The fraction of sp³-hybridized carbons (Fsp3) is 0.429. The molecule has 96 valence electrons. The summed E-state index contributed by atoms with van der Waals surface area (Å²) in [4.78, 5) is 9.11. The van der Waals surface area contributed by atoms with Gasteiger partial charge in [0.05, 0.1) is 5.69 Å². The zero-order chi connectivity index (χ0) is 13.1. The summed E-state index contributed by atoms with van der Waals surface area (Å²) >= 11 is 1.65. The molecule has 3 nitrogen and oxygen atoms in total. The van der Waals surface area contributed by atoms with E-state index in [-0.39, 0.29) is 0 Å². The molecule has 0 aliphatic rings. The van der Waals surface area contributed by atoms with Crippen LogP contribution in [0, 0.1) is 13.8 Å². The molecule has 1 unspecified atom stereocenters. The predicted octanol–water partition coefficient (Wildman–Crippen LogP) is 4.03. The lowest BCUT2D eigenvalue weighted by atomic mass is 10.1. The molecule has 2 aromatic heterocycles. The monoisotopic (exact) mass is 261 g/mol. The first-order valence-electron chi connectivity index (χ1n) is 6.26. The Kier molecular flexibility index (Phi) is 3.97. The number of hydrogen-bond donors (Lipinski definition) is 1. The first-order chi connectivity index (χ1) is 8.60. The highest BCUT2D eigenvalue weighted by atomic mass is 32.1. The maximum atomic E-state index is 4.63. The van der Waals surface area contributed by atoms with E-state index in [2.05, 4.69) is 40.6 Å². The van der Waals surface area contributed by atoms with Crippen LogP contribution in [-0.4, -0.2) is 16.0 Å². The van der Waals surface area contributed by atoms with Gasteiger partial charge in [-0.1, -0.05) is 6.92 Å². The lowest BCUT2D eigenvalue weighted by Crippen LogP contribution is -2.12. The second-order valence-corrected chi connectivity index (χ2v) is 5.44. The number of anilines is 1. The van der Waals surface area contributed by atoms with Gasteiger partial charge in [0.25, 0.3) is 0 Å². The molecule has 2 aromatic rings. The molecular formula is C14H19N3S. The van der Waals surface area contributed by atoms with Gasteiger partial charge < -0.3 is 5.32 Å². The highest BCUT2D eigenvalue weighted by molar-refractivity contribution is 7.14. The predicted molar refractivity (Wildman–Crippen MR) is 78.2 cm³/mol. The number of nitrogens with one attached hydrogen (secondary N) is 1. The van der Waals surface area contributed by atoms with Gasteiger partial charge in [-0.05, 0) is 39.3 Å². The van der Waals surface area contributed by atoms with Crippen LogP contribution in [0.25, 0.3) is 11.3 Å². The molecule has 0 amide bonds. The zero-order valence-corrected chi connectivity index (χ0v) is 12.1. The Balaban J connectivity index is 2.24. The summed E-state index contributed by atoms with van der Waals surface area (Å²) in [6, 6.07) is 4.59. The van der Waals surface area contributed by atoms with Gasteiger partial charge >= 0.3 is 0 Å². The average molecular weight is 261 g/mol. The maximum absolute atomic E-state index is 4.63. The van der Waals surface area contributed by atoms with Crippen molar-refractivity contribution in [2.75, 3.05) is 5.32 Å². The van der Waals surface area contributed by atoms with Gasteiger partial charge in [0.1, 0.15) is 0 Å². The van der Waals surface area contributed by atoms with E-state index in [0.717, 1.165) is 34.2 Å². The van der Waals surface area contributed by atoms with Crippen molar-refractivity contribution in [1.82, 2.24) is 9.97 Å². The lowest BCUT2D eigenvalue weighted by molar-refractivity contribution is 0.763. The number of rotatable bonds is 4. The lowest BCUT2D eigenvalue weighted by Gasteiger charge is -2.08. The van der Waals surface area contributed by atoms with Crippen molar-refractivity contribution in [3.63, 3.8) is 0 Å². The number of aryl methyl sites for hydroxylation is 2. The molecule has 18 heavy (non-hydrogen) atoms. The largest absolute Gasteiger partial charge is 0.359 e. The van der Waals surface area contributed by atoms with Crippen molar-refractivity contribution in [3.05, 3.63) is 28.9 Å². The molecule has 0 aromatic carbocycles. The van der Waals surface area contributed by atoms with Crippen LogP contribution in [0.1, 0.15) is 31.7 Å². The molecule has 0 aliphatic carbocycles. The van der Waals surface area contributed by atoms with Crippen LogP contribution >= 0.6 is 11.3 Å². The van der Waals surface area contributed by atoms with E-state index in [1.807, 2.05) is 19.9 Å². The molecule has 2 rings (SSSR count). The molecule has 0 saturated heterocycles. The molecule has 1 N–H and O–H groups in total. The molecule has 0 radical (unpaired) electrons. The van der Waals surface area contributed by atoms with Crippen LogP contribution in [-0.2, 0) is 0 Å². The minimum atomic E-state index is 0.459. The molecule has 0 aliphatic heterocycles. The zero-order valence-electron chi connectivity index (χ0n) is 11.3. The second-order valence-electron chi connectivity index (χ2n) is 4.58. The average Bonchev–Trinajstić information content (AvgIpc) is 2.77. The summed E-state index contributed by atoms with van der Waals surface area (Å²) in [6.45, 7) is 8.37. The van der Waals surface area contributed by atoms with E-state index in [0.29, 0.717) is 6.04 Å². The molecule has 0 bridgehead atoms. The van der Waals surface area contributed by atoms with Crippen molar-refractivity contribution in [1.29, 1.82) is 0 Å². The molecule has 4 heteroatoms. The van der Waals surface area contributed by atoms with Gasteiger partial charge in [-0.3, -0.25) is 4.98 Å². The Morgan fingerprint density at radius 2 is 2.06 bits per heavy atom. The van der Waals surface area contributed by atoms with E-state index in [9.17, 15) is 0 Å². The number of nitrogens with zero attached hydrogens (tertiary/aromatic N) is 2. The summed E-state index contributed by atoms with van der Waals surface area (Å²) in [5, 5.41) is 6.47. The molecular weight excluding hydrogens is 242 g/mol. The van der Waals surface area contributed by atoms with Crippen molar-refractivity contribution in [2.45, 2.75) is 40.2 Å². The van der Waals surface area contributed by atoms with Crippen molar-refractivity contribution < 1.29 is 0 Å². The number of hydrogen-bond acceptors (Lipinski definition) is 4. The topological polar surface area (TPSA) is 37.8 Å². The Morgan fingerprint density at radius 1 is 1.28 bits per heavy atom. The fourth-order valence-corrected chi connectivity index (χ4v) is 2.56. The van der Waals surface area contributed by atoms with Gasteiger partial charge in [0, 0.05) is 28.4 Å². The van der Waals surface area contributed by atoms with Crippen LogP contribution in [0.2, 0.25) is 0 Å². The molecule has 0 saturated carbocycles. The van der Waals surface area contributed by atoms with E-state index >= 15 is 0 Å². The van der Waals surface area contributed by atoms with Crippen LogP contribution in [0.15, 0.2) is 17.5 Å². The van der Waals surface area contributed by atoms with Crippen molar-refractivity contribution in [3.8, 4) is 11.3 Å². The van der Waals surface area contributed by atoms with Gasteiger partial charge in [-0.15, -0.1) is 11.3 Å². The standard InChI is InChI=1S/C14H19N3S/c1-5-9(2)16-14-17-13(8-18-14)12-7-6-10(3)15-11(12)4/h6-9H,5H2,1-4H3,(H,16,17). The number of aromatic nitrogens is 2. The van der Waals surface area contributed by atoms with Crippen molar-refractivity contribution >= 4 is 16.5 Å². The van der Waals surface area contributed by atoms with Crippen LogP contribution in [0.3, 0.4) is 0 Å². The first kappa shape index (κ1) is 13.0. The SMILES string of the molecule is CCC(C)Nc1nc(-c2ccc(C)nc2C)cs1. The first-order valence-corrected chi connectivity index (χ1v) is 7.14. The third-order valence-corrected chi connectivity index (χ3v) is 3.76. The molecule has 2 heterocycles. The van der Waals surface area contributed by atoms with E-state index < -0.39 is 0 Å². The molecule has 0 fully saturated rings. The fourth-order valence-electron chi connectivity index (χ4n) is 1.73. The normalized spacial score (nSPS) is 12.4. The second kappa shape index (κ2) is 5.48. The van der Waals surface area contributed by atoms with Crippen LogP contribution < -0.4 is 5.32 Å². The molecule has 1 atom stereocenters. The Labute approximate surface area is 112 Å². The quantitative estimate of drug-likeness (QED) is 0.903. The van der Waals surface area contributed by atoms with Gasteiger partial charge in [-0.2, -0.15) is 0 Å². The highest BCUT2D eigenvalue weighted by Gasteiger charge is 2.09. The number of thiazole rings is 1. The smallest absolute Gasteiger partial charge is 0.183 e. The van der Waals surface area contributed by atoms with E-state index in [4.69, 9.17) is 0 Å². The third-order valence-electron chi connectivity index (χ3n) is 2.99. The summed E-state index contributed by atoms with van der Waals surface area (Å²) in [6.07, 6.45) is 1.10. The Bertz CT molecular complexity index is 534. The summed E-state index contributed by atoms with van der Waals surface area (Å²) in [5.41, 5.74) is 4.21. The third kappa shape index (κ3) is 2.88. The summed E-state index contributed by atoms with van der Waals surface area (Å²) < 4.78 is 0. The van der Waals surface area contributed by atoms with Gasteiger partial charge in [0.15, 0.2) is 5.13 Å².